The molecule has 0 spiro atoms. The summed E-state index contributed by atoms with van der Waals surface area (Å²) >= 11 is 5.89. The molecule has 0 radical (unpaired) electrons. The largest absolute Gasteiger partial charge is 0.328 e. The fourth-order valence-electron chi connectivity index (χ4n) is 2.21. The molecule has 0 saturated heterocycles. The van der Waals surface area contributed by atoms with Gasteiger partial charge in [-0.2, -0.15) is 0 Å². The van der Waals surface area contributed by atoms with E-state index < -0.39 is 9.84 Å². The molecule has 2 unspecified atom stereocenters. The molecule has 1 aromatic rings. The van der Waals surface area contributed by atoms with Crippen LogP contribution in [-0.4, -0.2) is 20.2 Å². The molecule has 0 aliphatic carbocycles. The summed E-state index contributed by atoms with van der Waals surface area (Å²) in [5.41, 5.74) is 6.55. The zero-order chi connectivity index (χ0) is 11.9. The zero-order valence-electron chi connectivity index (χ0n) is 8.98. The lowest BCUT2D eigenvalue weighted by Gasteiger charge is -2.12. The maximum absolute atomic E-state index is 11.9. The van der Waals surface area contributed by atoms with Gasteiger partial charge in [0.2, 0.25) is 0 Å². The molecule has 0 aromatic heterocycles. The summed E-state index contributed by atoms with van der Waals surface area (Å²) in [5, 5.41) is 0.575. The fraction of sp³-hybridized carbons (Fsp3) is 0.455. The van der Waals surface area contributed by atoms with Crippen molar-refractivity contribution >= 4 is 21.4 Å². The molecule has 3 nitrogen and oxygen atoms in total. The molecule has 1 aromatic carbocycles. The molecule has 16 heavy (non-hydrogen) atoms. The van der Waals surface area contributed by atoms with Crippen LogP contribution in [0.15, 0.2) is 23.1 Å². The molecule has 0 saturated carbocycles. The Kier molecular flexibility index (Phi) is 2.99. The second-order valence-electron chi connectivity index (χ2n) is 4.37. The van der Waals surface area contributed by atoms with Crippen molar-refractivity contribution in [2.45, 2.75) is 30.2 Å². The van der Waals surface area contributed by atoms with Crippen LogP contribution in [0.5, 0.6) is 0 Å². The fourth-order valence-corrected chi connectivity index (χ4v) is 4.28. The van der Waals surface area contributed by atoms with Crippen molar-refractivity contribution < 1.29 is 8.42 Å². The molecule has 2 rings (SSSR count). The van der Waals surface area contributed by atoms with Crippen molar-refractivity contribution in [3.8, 4) is 0 Å². The first kappa shape index (κ1) is 11.9. The SMILES string of the molecule is CC(N)CC1CS(=O)(=O)c2ccc(Cl)cc21. The predicted molar refractivity (Wildman–Crippen MR) is 64.5 cm³/mol. The van der Waals surface area contributed by atoms with Gasteiger partial charge in [0.05, 0.1) is 10.6 Å². The number of nitrogens with two attached hydrogens (primary N) is 1. The minimum Gasteiger partial charge on any atom is -0.328 e. The van der Waals surface area contributed by atoms with E-state index in [-0.39, 0.29) is 17.7 Å². The van der Waals surface area contributed by atoms with Crippen LogP contribution in [0.25, 0.3) is 0 Å². The number of rotatable bonds is 2. The standard InChI is InChI=1S/C11H14ClNO2S/c1-7(13)4-8-6-16(14,15)11-3-2-9(12)5-10(8)11/h2-3,5,7-8H,4,6,13H2,1H3. The van der Waals surface area contributed by atoms with Gasteiger partial charge in [-0.05, 0) is 37.1 Å². The van der Waals surface area contributed by atoms with E-state index >= 15 is 0 Å². The van der Waals surface area contributed by atoms with Crippen molar-refractivity contribution in [2.24, 2.45) is 5.73 Å². The number of hydrogen-bond donors (Lipinski definition) is 1. The van der Waals surface area contributed by atoms with E-state index in [1.807, 2.05) is 6.92 Å². The van der Waals surface area contributed by atoms with Crippen molar-refractivity contribution in [3.63, 3.8) is 0 Å². The normalized spacial score (nSPS) is 24.1. The highest BCUT2D eigenvalue weighted by Crippen LogP contribution is 2.38. The van der Waals surface area contributed by atoms with Gasteiger partial charge in [-0.3, -0.25) is 0 Å². The van der Waals surface area contributed by atoms with Gasteiger partial charge >= 0.3 is 0 Å². The Morgan fingerprint density at radius 1 is 1.56 bits per heavy atom. The zero-order valence-corrected chi connectivity index (χ0v) is 10.6. The van der Waals surface area contributed by atoms with Crippen molar-refractivity contribution in [2.75, 3.05) is 5.75 Å². The van der Waals surface area contributed by atoms with E-state index in [0.717, 1.165) is 5.56 Å². The molecule has 5 heteroatoms. The van der Waals surface area contributed by atoms with Gasteiger partial charge in [-0.25, -0.2) is 8.42 Å². The molecule has 2 N–H and O–H groups in total. The first-order valence-electron chi connectivity index (χ1n) is 5.18. The Morgan fingerprint density at radius 3 is 2.88 bits per heavy atom. The number of benzene rings is 1. The first-order chi connectivity index (χ1) is 7.40. The van der Waals surface area contributed by atoms with E-state index in [2.05, 4.69) is 0 Å². The molecule has 2 atom stereocenters. The van der Waals surface area contributed by atoms with Crippen LogP contribution >= 0.6 is 11.6 Å². The third kappa shape index (κ3) is 2.10. The second-order valence-corrected chi connectivity index (χ2v) is 6.81. The maximum atomic E-state index is 11.9. The molecule has 1 aliphatic heterocycles. The monoisotopic (exact) mass is 259 g/mol. The Balaban J connectivity index is 2.48. The van der Waals surface area contributed by atoms with Crippen LogP contribution in [-0.2, 0) is 9.84 Å². The first-order valence-corrected chi connectivity index (χ1v) is 7.21. The van der Waals surface area contributed by atoms with Gasteiger partial charge in [0.25, 0.3) is 0 Å². The van der Waals surface area contributed by atoms with Gasteiger partial charge in [0.15, 0.2) is 9.84 Å². The highest BCUT2D eigenvalue weighted by Gasteiger charge is 2.34. The van der Waals surface area contributed by atoms with E-state index in [1.165, 1.54) is 0 Å². The highest BCUT2D eigenvalue weighted by atomic mass is 35.5. The summed E-state index contributed by atoms with van der Waals surface area (Å²) in [5.74, 6) is 0.142. The summed E-state index contributed by atoms with van der Waals surface area (Å²) < 4.78 is 23.7. The van der Waals surface area contributed by atoms with Gasteiger partial charge < -0.3 is 5.73 Å². The Morgan fingerprint density at radius 2 is 2.25 bits per heavy atom. The number of hydrogen-bond acceptors (Lipinski definition) is 3. The van der Waals surface area contributed by atoms with Crippen molar-refractivity contribution in [3.05, 3.63) is 28.8 Å². The van der Waals surface area contributed by atoms with Crippen LogP contribution in [0.1, 0.15) is 24.8 Å². The van der Waals surface area contributed by atoms with Gasteiger partial charge in [0, 0.05) is 17.0 Å². The Labute approximate surface area is 101 Å². The predicted octanol–water partition coefficient (Wildman–Crippen LogP) is 1.95. The lowest BCUT2D eigenvalue weighted by atomic mass is 9.95. The van der Waals surface area contributed by atoms with Crippen LogP contribution in [0.4, 0.5) is 0 Å². The van der Waals surface area contributed by atoms with E-state index in [4.69, 9.17) is 17.3 Å². The van der Waals surface area contributed by atoms with Gasteiger partial charge in [0.1, 0.15) is 0 Å². The molecule has 0 amide bonds. The molecule has 0 bridgehead atoms. The molecule has 1 heterocycles. The van der Waals surface area contributed by atoms with Crippen molar-refractivity contribution in [1.82, 2.24) is 0 Å². The number of fused-ring (bicyclic) bond motifs is 1. The van der Waals surface area contributed by atoms with Crippen molar-refractivity contribution in [1.29, 1.82) is 0 Å². The van der Waals surface area contributed by atoms with Gasteiger partial charge in [-0.15, -0.1) is 0 Å². The lowest BCUT2D eigenvalue weighted by Crippen LogP contribution is -2.19. The topological polar surface area (TPSA) is 60.2 Å². The highest BCUT2D eigenvalue weighted by molar-refractivity contribution is 7.91. The van der Waals surface area contributed by atoms with E-state index in [1.54, 1.807) is 18.2 Å². The van der Waals surface area contributed by atoms with Gasteiger partial charge in [-0.1, -0.05) is 11.6 Å². The Bertz CT molecular complexity index is 511. The number of halogens is 1. The molecule has 88 valence electrons. The third-order valence-corrected chi connectivity index (χ3v) is 4.94. The molecule has 0 fully saturated rings. The van der Waals surface area contributed by atoms with Crippen LogP contribution in [0.3, 0.4) is 0 Å². The average molecular weight is 260 g/mol. The van der Waals surface area contributed by atoms with E-state index in [0.29, 0.717) is 16.3 Å². The summed E-state index contributed by atoms with van der Waals surface area (Å²) in [6, 6.07) is 4.94. The summed E-state index contributed by atoms with van der Waals surface area (Å²) in [4.78, 5) is 0.419. The summed E-state index contributed by atoms with van der Waals surface area (Å²) in [7, 11) is -3.13. The molecular formula is C11H14ClNO2S. The van der Waals surface area contributed by atoms with Crippen LogP contribution in [0, 0.1) is 0 Å². The lowest BCUT2D eigenvalue weighted by molar-refractivity contribution is 0.575. The van der Waals surface area contributed by atoms with Crippen LogP contribution in [0.2, 0.25) is 5.02 Å². The maximum Gasteiger partial charge on any atom is 0.179 e. The minimum atomic E-state index is -3.13. The summed E-state index contributed by atoms with van der Waals surface area (Å²) in [6.07, 6.45) is 0.673. The average Bonchev–Trinajstić information content (AvgIpc) is 2.37. The minimum absolute atomic E-state index is 0.00914. The number of sulfone groups is 1. The molecule has 1 aliphatic rings. The third-order valence-electron chi connectivity index (χ3n) is 2.82. The van der Waals surface area contributed by atoms with E-state index in [9.17, 15) is 8.42 Å². The van der Waals surface area contributed by atoms with Crippen LogP contribution < -0.4 is 5.73 Å². The summed E-state index contributed by atoms with van der Waals surface area (Å²) in [6.45, 7) is 1.88. The molecular weight excluding hydrogens is 246 g/mol. The quantitative estimate of drug-likeness (QED) is 0.883. The Hall–Kier alpha value is -0.580. The smallest absolute Gasteiger partial charge is 0.179 e. The second kappa shape index (κ2) is 4.02.